The van der Waals surface area contributed by atoms with Crippen LogP contribution in [0.3, 0.4) is 0 Å². The molecule has 2 unspecified atom stereocenters. The zero-order valence-electron chi connectivity index (χ0n) is 12.9. The normalized spacial score (nSPS) is 30.8. The van der Waals surface area contributed by atoms with Crippen molar-refractivity contribution in [2.24, 2.45) is 17.6 Å². The van der Waals surface area contributed by atoms with E-state index in [0.717, 1.165) is 5.56 Å². The number of benzene rings is 1. The molecule has 1 aromatic carbocycles. The Hall–Kier alpha value is -1.54. The van der Waals surface area contributed by atoms with Crippen LogP contribution in [-0.4, -0.2) is 48.2 Å². The highest BCUT2D eigenvalue weighted by Crippen LogP contribution is 2.29. The van der Waals surface area contributed by atoms with Crippen molar-refractivity contribution in [3.8, 4) is 0 Å². The van der Waals surface area contributed by atoms with Crippen LogP contribution in [0.4, 0.5) is 4.39 Å². The molecule has 7 heteroatoms. The summed E-state index contributed by atoms with van der Waals surface area (Å²) in [6, 6.07) is 5.96. The third-order valence-corrected chi connectivity index (χ3v) is 4.81. The molecular weight excluding hydrogens is 299 g/mol. The number of nitrogens with two attached hydrogens (primary N) is 1. The van der Waals surface area contributed by atoms with Crippen molar-refractivity contribution < 1.29 is 14.3 Å². The molecule has 3 rings (SSSR count). The van der Waals surface area contributed by atoms with Gasteiger partial charge in [-0.05, 0) is 30.0 Å². The number of hydrogen-bond donors (Lipinski definition) is 4. The second-order valence-corrected chi connectivity index (χ2v) is 6.34. The van der Waals surface area contributed by atoms with Crippen LogP contribution >= 0.6 is 0 Å². The maximum Gasteiger partial charge on any atom is 0.229 e. The first-order valence-electron chi connectivity index (χ1n) is 7.99. The Labute approximate surface area is 134 Å². The summed E-state index contributed by atoms with van der Waals surface area (Å²) in [5.74, 6) is -0.447. The van der Waals surface area contributed by atoms with Gasteiger partial charge in [-0.1, -0.05) is 12.1 Å². The zero-order chi connectivity index (χ0) is 16.4. The number of halogens is 1. The monoisotopic (exact) mass is 322 g/mol. The molecule has 4 atom stereocenters. The number of carbonyl (C=O) groups excluding carboxylic acids is 1. The average molecular weight is 322 g/mol. The van der Waals surface area contributed by atoms with Gasteiger partial charge in [-0.25, -0.2) is 9.82 Å². The molecule has 0 bridgehead atoms. The van der Waals surface area contributed by atoms with Crippen molar-refractivity contribution in [2.45, 2.75) is 18.5 Å². The highest BCUT2D eigenvalue weighted by molar-refractivity contribution is 5.81. The van der Waals surface area contributed by atoms with Crippen LogP contribution in [0.1, 0.15) is 18.0 Å². The van der Waals surface area contributed by atoms with E-state index in [1.807, 2.05) is 6.07 Å². The Bertz CT molecular complexity index is 571. The zero-order valence-corrected chi connectivity index (χ0v) is 12.9. The second-order valence-electron chi connectivity index (χ2n) is 6.34. The Morgan fingerprint density at radius 2 is 2.26 bits per heavy atom. The molecule has 0 radical (unpaired) electrons. The minimum atomic E-state index is -0.311. The lowest BCUT2D eigenvalue weighted by Crippen LogP contribution is -2.39. The van der Waals surface area contributed by atoms with Crippen molar-refractivity contribution in [3.05, 3.63) is 35.6 Å². The number of hydrazine groups is 1. The number of hydrogen-bond acceptors (Lipinski definition) is 5. The number of aliphatic hydroxyl groups excluding tert-OH is 1. The van der Waals surface area contributed by atoms with Gasteiger partial charge in [-0.2, -0.15) is 0 Å². The number of amides is 1. The van der Waals surface area contributed by atoms with E-state index < -0.39 is 0 Å². The van der Waals surface area contributed by atoms with E-state index in [-0.39, 0.29) is 42.3 Å². The molecular formula is C16H23FN4O2. The first kappa shape index (κ1) is 16.3. The van der Waals surface area contributed by atoms with E-state index in [1.54, 1.807) is 11.0 Å². The van der Waals surface area contributed by atoms with E-state index in [4.69, 9.17) is 10.8 Å². The van der Waals surface area contributed by atoms with E-state index >= 15 is 0 Å². The van der Waals surface area contributed by atoms with E-state index in [1.165, 1.54) is 12.1 Å². The van der Waals surface area contributed by atoms with Crippen LogP contribution in [0.5, 0.6) is 0 Å². The summed E-state index contributed by atoms with van der Waals surface area (Å²) in [5.41, 5.74) is 12.9. The summed E-state index contributed by atoms with van der Waals surface area (Å²) < 4.78 is 13.5. The summed E-state index contributed by atoms with van der Waals surface area (Å²) in [6.45, 7) is 1.66. The predicted molar refractivity (Wildman–Crippen MR) is 83.5 cm³/mol. The second kappa shape index (κ2) is 6.92. The topological polar surface area (TPSA) is 90.6 Å². The number of likely N-dealkylation sites (tertiary alicyclic amines) is 1. The van der Waals surface area contributed by atoms with Gasteiger partial charge in [0.25, 0.3) is 0 Å². The van der Waals surface area contributed by atoms with Gasteiger partial charge in [-0.3, -0.25) is 10.2 Å². The number of aliphatic hydroxyl groups is 1. The van der Waals surface area contributed by atoms with Gasteiger partial charge in [-0.15, -0.1) is 0 Å². The molecule has 2 aliphatic heterocycles. The van der Waals surface area contributed by atoms with Gasteiger partial charge >= 0.3 is 0 Å². The van der Waals surface area contributed by atoms with Crippen molar-refractivity contribution in [1.29, 1.82) is 0 Å². The standard InChI is InChI=1S/C16H23FN4O2/c17-12-3-1-2-10(6-12)15-13(7-19-20-15)16(23)21-8-11(4-5-22)14(18)9-21/h1-3,6,11,13-15,19-20,22H,4-5,7-9,18H2/t11-,13?,14-,15?/m1/s1. The van der Waals surface area contributed by atoms with Gasteiger partial charge in [0, 0.05) is 32.3 Å². The molecule has 1 aromatic rings. The molecule has 126 valence electrons. The minimum absolute atomic E-state index is 0.0210. The predicted octanol–water partition coefficient (Wildman–Crippen LogP) is -0.241. The maximum absolute atomic E-state index is 13.5. The number of rotatable bonds is 4. The van der Waals surface area contributed by atoms with E-state index in [9.17, 15) is 9.18 Å². The Balaban J connectivity index is 1.71. The van der Waals surface area contributed by atoms with Crippen molar-refractivity contribution in [2.75, 3.05) is 26.2 Å². The molecule has 5 N–H and O–H groups in total. The lowest BCUT2D eigenvalue weighted by atomic mass is 9.93. The quantitative estimate of drug-likeness (QED) is 0.614. The van der Waals surface area contributed by atoms with Crippen LogP contribution in [0, 0.1) is 17.7 Å². The Kier molecular flexibility index (Phi) is 4.91. The molecule has 6 nitrogen and oxygen atoms in total. The Morgan fingerprint density at radius 3 is 3.00 bits per heavy atom. The van der Waals surface area contributed by atoms with Gasteiger partial charge < -0.3 is 15.7 Å². The van der Waals surface area contributed by atoms with E-state index in [2.05, 4.69) is 10.9 Å². The lowest BCUT2D eigenvalue weighted by molar-refractivity contribution is -0.134. The molecule has 2 fully saturated rings. The first-order chi connectivity index (χ1) is 11.1. The third kappa shape index (κ3) is 3.37. The Morgan fingerprint density at radius 1 is 1.43 bits per heavy atom. The van der Waals surface area contributed by atoms with Crippen molar-refractivity contribution in [3.63, 3.8) is 0 Å². The fraction of sp³-hybridized carbons (Fsp3) is 0.562. The van der Waals surface area contributed by atoms with E-state index in [0.29, 0.717) is 26.1 Å². The molecule has 0 aromatic heterocycles. The van der Waals surface area contributed by atoms with Crippen molar-refractivity contribution in [1.82, 2.24) is 15.8 Å². The highest BCUT2D eigenvalue weighted by Gasteiger charge is 2.40. The van der Waals surface area contributed by atoms with Crippen LogP contribution < -0.4 is 16.6 Å². The molecule has 0 saturated carbocycles. The minimum Gasteiger partial charge on any atom is -0.396 e. The van der Waals surface area contributed by atoms with Gasteiger partial charge in [0.15, 0.2) is 0 Å². The molecule has 0 spiro atoms. The van der Waals surface area contributed by atoms with Crippen LogP contribution in [0.2, 0.25) is 0 Å². The fourth-order valence-corrected chi connectivity index (χ4v) is 3.53. The summed E-state index contributed by atoms with van der Waals surface area (Å²) in [6.07, 6.45) is 0.611. The van der Waals surface area contributed by atoms with Gasteiger partial charge in [0.1, 0.15) is 5.82 Å². The summed E-state index contributed by atoms with van der Waals surface area (Å²) in [7, 11) is 0. The number of nitrogens with zero attached hydrogens (tertiary/aromatic N) is 1. The summed E-state index contributed by atoms with van der Waals surface area (Å²) >= 11 is 0. The molecule has 2 aliphatic rings. The summed E-state index contributed by atoms with van der Waals surface area (Å²) in [4.78, 5) is 14.6. The number of carbonyl (C=O) groups is 1. The number of nitrogens with one attached hydrogen (secondary N) is 2. The maximum atomic E-state index is 13.5. The fourth-order valence-electron chi connectivity index (χ4n) is 3.53. The molecule has 23 heavy (non-hydrogen) atoms. The van der Waals surface area contributed by atoms with Crippen LogP contribution in [0.15, 0.2) is 24.3 Å². The SMILES string of the molecule is N[C@@H]1CN(C(=O)C2CNNC2c2cccc(F)c2)C[C@H]1CCO. The van der Waals surface area contributed by atoms with Gasteiger partial charge in [0.05, 0.1) is 12.0 Å². The molecule has 2 saturated heterocycles. The van der Waals surface area contributed by atoms with Gasteiger partial charge in [0.2, 0.25) is 5.91 Å². The molecule has 1 amide bonds. The van der Waals surface area contributed by atoms with Crippen LogP contribution in [-0.2, 0) is 4.79 Å². The van der Waals surface area contributed by atoms with Crippen LogP contribution in [0.25, 0.3) is 0 Å². The third-order valence-electron chi connectivity index (χ3n) is 4.81. The summed E-state index contributed by atoms with van der Waals surface area (Å²) in [5, 5.41) is 9.08. The first-order valence-corrected chi connectivity index (χ1v) is 7.99. The smallest absolute Gasteiger partial charge is 0.229 e. The van der Waals surface area contributed by atoms with Crippen molar-refractivity contribution >= 4 is 5.91 Å². The largest absolute Gasteiger partial charge is 0.396 e. The molecule has 0 aliphatic carbocycles. The lowest BCUT2D eigenvalue weighted by Gasteiger charge is -2.24. The average Bonchev–Trinajstić information content (AvgIpc) is 3.15. The highest BCUT2D eigenvalue weighted by atomic mass is 19.1. The molecule has 2 heterocycles.